The molecule has 0 aliphatic heterocycles. The lowest BCUT2D eigenvalue weighted by Crippen LogP contribution is -2.54. The molecule has 0 bridgehead atoms. The van der Waals surface area contributed by atoms with Crippen LogP contribution < -0.4 is 0 Å². The molecule has 4 rings (SSSR count). The number of methoxy groups -OCH3 is 3. The van der Waals surface area contributed by atoms with Crippen molar-refractivity contribution in [3.63, 3.8) is 0 Å². The molecular weight excluding hydrogens is 552 g/mol. The number of hydrogen-bond donors (Lipinski definition) is 0. The van der Waals surface area contributed by atoms with E-state index in [0.29, 0.717) is 37.0 Å². The number of allylic oxidation sites excluding steroid dienone is 3. The van der Waals surface area contributed by atoms with Crippen LogP contribution in [0.5, 0.6) is 0 Å². The molecule has 4 aliphatic carbocycles. The summed E-state index contributed by atoms with van der Waals surface area (Å²) < 4.78 is 31.8. The fourth-order valence-electron chi connectivity index (χ4n) is 8.93. The molecule has 9 heteroatoms. The first-order valence-electron chi connectivity index (χ1n) is 15.8. The SMILES string of the molecule is COCOC(C)(C)C(=O)CC(C)[C@@H](C)[C@H]1CC[C@H]2C3=CC=C4C[C@@H](OC(=O)OC)C[C@H](OC(=O)OC)[C@]4(C)[C@H]3CC[C@]12C. The quantitative estimate of drug-likeness (QED) is 0.192. The molecule has 0 heterocycles. The van der Waals surface area contributed by atoms with E-state index in [1.54, 1.807) is 7.11 Å². The summed E-state index contributed by atoms with van der Waals surface area (Å²) in [5.41, 5.74) is 1.39. The second-order valence-electron chi connectivity index (χ2n) is 14.2. The molecule has 4 aliphatic rings. The molecule has 0 aromatic rings. The zero-order chi connectivity index (χ0) is 31.7. The van der Waals surface area contributed by atoms with E-state index in [2.05, 4.69) is 39.8 Å². The molecule has 0 aromatic carbocycles. The highest BCUT2D eigenvalue weighted by atomic mass is 16.7. The normalized spacial score (nSPS) is 34.8. The number of carbonyl (C=O) groups is 3. The van der Waals surface area contributed by atoms with Crippen molar-refractivity contribution in [1.29, 1.82) is 0 Å². The first-order chi connectivity index (χ1) is 20.2. The van der Waals surface area contributed by atoms with Gasteiger partial charge in [-0.05, 0) is 74.5 Å². The first kappa shape index (κ1) is 33.5. The van der Waals surface area contributed by atoms with Crippen LogP contribution in [0.15, 0.2) is 23.3 Å². The lowest BCUT2D eigenvalue weighted by Gasteiger charge is -2.57. The summed E-state index contributed by atoms with van der Waals surface area (Å²) in [6.45, 7) is 12.9. The summed E-state index contributed by atoms with van der Waals surface area (Å²) in [5.74, 6) is 1.84. The van der Waals surface area contributed by atoms with Gasteiger partial charge in [0.1, 0.15) is 24.6 Å². The van der Waals surface area contributed by atoms with Crippen LogP contribution in [0.4, 0.5) is 9.59 Å². The zero-order valence-corrected chi connectivity index (χ0v) is 27.5. The van der Waals surface area contributed by atoms with Gasteiger partial charge in [0.15, 0.2) is 5.78 Å². The molecule has 3 saturated carbocycles. The smallest absolute Gasteiger partial charge is 0.438 e. The standard InChI is InChI=1S/C34H52O9/c1-20(16-28(35)32(3,4)41-19-38-7)21(2)25-12-13-26-24-11-10-22-17-23(42-30(36)39-8)18-29(43-31(37)40-9)34(22,6)27(24)14-15-33(25,26)5/h10-11,20-21,23,25-27,29H,12-19H2,1-9H3/t20?,21-,23-,25-,26+,27+,29+,33-,34+/m1/s1. The Morgan fingerprint density at radius 2 is 1.63 bits per heavy atom. The predicted molar refractivity (Wildman–Crippen MR) is 160 cm³/mol. The summed E-state index contributed by atoms with van der Waals surface area (Å²) >= 11 is 0. The molecule has 242 valence electrons. The average Bonchev–Trinajstić information content (AvgIpc) is 3.33. The summed E-state index contributed by atoms with van der Waals surface area (Å²) in [6.07, 6.45) is 7.78. The van der Waals surface area contributed by atoms with Crippen molar-refractivity contribution in [2.45, 2.75) is 104 Å². The molecule has 0 N–H and O–H groups in total. The molecule has 0 aromatic heterocycles. The van der Waals surface area contributed by atoms with Crippen LogP contribution in [-0.2, 0) is 33.2 Å². The van der Waals surface area contributed by atoms with Gasteiger partial charge in [-0.15, -0.1) is 0 Å². The number of rotatable bonds is 10. The molecule has 0 radical (unpaired) electrons. The lowest BCUT2D eigenvalue weighted by atomic mass is 9.49. The molecule has 0 saturated heterocycles. The van der Waals surface area contributed by atoms with E-state index in [0.717, 1.165) is 31.3 Å². The minimum absolute atomic E-state index is 0.0981. The number of fused-ring (bicyclic) bond motifs is 5. The van der Waals surface area contributed by atoms with Gasteiger partial charge in [0.25, 0.3) is 0 Å². The number of ketones is 1. The van der Waals surface area contributed by atoms with E-state index in [9.17, 15) is 14.4 Å². The zero-order valence-electron chi connectivity index (χ0n) is 27.5. The monoisotopic (exact) mass is 604 g/mol. The fraction of sp³-hybridized carbons (Fsp3) is 0.794. The Morgan fingerprint density at radius 1 is 0.953 bits per heavy atom. The second kappa shape index (κ2) is 12.9. The number of carbonyl (C=O) groups excluding carboxylic acids is 3. The predicted octanol–water partition coefficient (Wildman–Crippen LogP) is 7.03. The fourth-order valence-corrected chi connectivity index (χ4v) is 8.93. The molecule has 9 nitrogen and oxygen atoms in total. The van der Waals surface area contributed by atoms with Crippen LogP contribution in [0.2, 0.25) is 0 Å². The third-order valence-electron chi connectivity index (χ3n) is 11.8. The van der Waals surface area contributed by atoms with Crippen molar-refractivity contribution in [2.75, 3.05) is 28.1 Å². The summed E-state index contributed by atoms with van der Waals surface area (Å²) in [5, 5.41) is 0. The van der Waals surface area contributed by atoms with Crippen LogP contribution in [0.3, 0.4) is 0 Å². The van der Waals surface area contributed by atoms with E-state index >= 15 is 0 Å². The molecule has 9 atom stereocenters. The van der Waals surface area contributed by atoms with Gasteiger partial charge < -0.3 is 28.4 Å². The van der Waals surface area contributed by atoms with Crippen LogP contribution in [0.25, 0.3) is 0 Å². The summed E-state index contributed by atoms with van der Waals surface area (Å²) in [4.78, 5) is 37.5. The molecule has 0 amide bonds. The van der Waals surface area contributed by atoms with Crippen LogP contribution in [0.1, 0.15) is 86.5 Å². The van der Waals surface area contributed by atoms with E-state index in [1.807, 2.05) is 13.8 Å². The van der Waals surface area contributed by atoms with Crippen molar-refractivity contribution in [3.05, 3.63) is 23.3 Å². The van der Waals surface area contributed by atoms with Crippen molar-refractivity contribution in [2.24, 2.45) is 40.4 Å². The highest BCUT2D eigenvalue weighted by Crippen LogP contribution is 2.66. The Kier molecular flexibility index (Phi) is 10.1. The van der Waals surface area contributed by atoms with E-state index in [4.69, 9.17) is 28.4 Å². The van der Waals surface area contributed by atoms with Crippen LogP contribution in [0, 0.1) is 40.4 Å². The largest absolute Gasteiger partial charge is 0.508 e. The van der Waals surface area contributed by atoms with E-state index in [1.165, 1.54) is 19.8 Å². The Labute approximate surface area is 257 Å². The second-order valence-corrected chi connectivity index (χ2v) is 14.2. The Bertz CT molecular complexity index is 1120. The highest BCUT2D eigenvalue weighted by molar-refractivity contribution is 5.86. The summed E-state index contributed by atoms with van der Waals surface area (Å²) in [6, 6.07) is 0. The maximum Gasteiger partial charge on any atom is 0.508 e. The average molecular weight is 605 g/mol. The highest BCUT2D eigenvalue weighted by Gasteiger charge is 2.60. The van der Waals surface area contributed by atoms with Crippen LogP contribution in [-0.4, -0.2) is 64.0 Å². The van der Waals surface area contributed by atoms with Gasteiger partial charge in [-0.3, -0.25) is 4.79 Å². The van der Waals surface area contributed by atoms with Gasteiger partial charge in [-0.2, -0.15) is 0 Å². The van der Waals surface area contributed by atoms with Crippen molar-refractivity contribution < 1.29 is 42.8 Å². The third kappa shape index (κ3) is 6.26. The molecular formula is C34H52O9. The third-order valence-corrected chi connectivity index (χ3v) is 11.8. The van der Waals surface area contributed by atoms with E-state index < -0.39 is 35.5 Å². The van der Waals surface area contributed by atoms with Gasteiger partial charge in [-0.1, -0.05) is 51.0 Å². The lowest BCUT2D eigenvalue weighted by molar-refractivity contribution is -0.157. The maximum absolute atomic E-state index is 13.2. The van der Waals surface area contributed by atoms with Crippen LogP contribution >= 0.6 is 0 Å². The number of Topliss-reactive ketones (excluding diaryl/α,β-unsaturated/α-hetero) is 1. The van der Waals surface area contributed by atoms with Crippen molar-refractivity contribution in [1.82, 2.24) is 0 Å². The van der Waals surface area contributed by atoms with Gasteiger partial charge >= 0.3 is 12.3 Å². The number of hydrogen-bond acceptors (Lipinski definition) is 9. The van der Waals surface area contributed by atoms with Crippen molar-refractivity contribution >= 4 is 18.1 Å². The Morgan fingerprint density at radius 3 is 2.28 bits per heavy atom. The van der Waals surface area contributed by atoms with Gasteiger partial charge in [0.05, 0.1) is 14.2 Å². The first-order valence-corrected chi connectivity index (χ1v) is 15.8. The minimum atomic E-state index is -0.875. The van der Waals surface area contributed by atoms with Crippen molar-refractivity contribution in [3.8, 4) is 0 Å². The molecule has 1 unspecified atom stereocenters. The Hall–Kier alpha value is -2.39. The topological polar surface area (TPSA) is 107 Å². The van der Waals surface area contributed by atoms with Gasteiger partial charge in [0, 0.05) is 31.8 Å². The van der Waals surface area contributed by atoms with Gasteiger partial charge in [0.2, 0.25) is 0 Å². The number of ether oxygens (including phenoxy) is 6. The molecule has 43 heavy (non-hydrogen) atoms. The van der Waals surface area contributed by atoms with E-state index in [-0.39, 0.29) is 29.8 Å². The minimum Gasteiger partial charge on any atom is -0.438 e. The molecule has 3 fully saturated rings. The Balaban J connectivity index is 1.56. The maximum atomic E-state index is 13.2. The summed E-state index contributed by atoms with van der Waals surface area (Å²) in [7, 11) is 4.16. The molecule has 0 spiro atoms. The van der Waals surface area contributed by atoms with Gasteiger partial charge in [-0.25, -0.2) is 9.59 Å².